The van der Waals surface area contributed by atoms with E-state index >= 15 is 0 Å². The van der Waals surface area contributed by atoms with Gasteiger partial charge in [0.25, 0.3) is 0 Å². The summed E-state index contributed by atoms with van der Waals surface area (Å²) in [6, 6.07) is 8.89. The molecule has 3 rings (SSSR count). The highest BCUT2D eigenvalue weighted by Gasteiger charge is 2.13. The first-order chi connectivity index (χ1) is 11.6. The zero-order valence-corrected chi connectivity index (χ0v) is 13.3. The number of hydrogen-bond donors (Lipinski definition) is 1. The number of aromatic nitrogens is 2. The van der Waals surface area contributed by atoms with Crippen LogP contribution >= 0.6 is 11.6 Å². The lowest BCUT2D eigenvalue weighted by molar-refractivity contribution is 0.0927. The Balaban J connectivity index is 1.80. The number of carbonyl (C=O) groups excluding carboxylic acids is 1. The molecule has 24 heavy (non-hydrogen) atoms. The van der Waals surface area contributed by atoms with E-state index in [0.717, 1.165) is 0 Å². The topological polar surface area (TPSA) is 72.4 Å². The van der Waals surface area contributed by atoms with Gasteiger partial charge < -0.3 is 4.42 Å². The fraction of sp³-hybridized carbons (Fsp3) is 0.0625. The van der Waals surface area contributed by atoms with E-state index in [9.17, 15) is 9.18 Å². The lowest BCUT2D eigenvalue weighted by Crippen LogP contribution is -2.16. The van der Waals surface area contributed by atoms with E-state index < -0.39 is 5.91 Å². The third kappa shape index (κ3) is 3.21. The van der Waals surface area contributed by atoms with Gasteiger partial charge in [-0.2, -0.15) is 10.2 Å². The Kier molecular flexibility index (Phi) is 4.43. The number of hydrogen-bond acceptors (Lipinski definition) is 4. The van der Waals surface area contributed by atoms with Crippen LogP contribution in [0.25, 0.3) is 5.69 Å². The van der Waals surface area contributed by atoms with Crippen molar-refractivity contribution in [1.82, 2.24) is 15.2 Å². The summed E-state index contributed by atoms with van der Waals surface area (Å²) < 4.78 is 19.4. The standard InChI is InChI=1S/C16H12ClFN4O2/c1-10-13(9-19-20-16(23)14-3-2-8-24-14)15(17)22(21-10)12-6-4-11(18)5-7-12/h2-9H,1H3,(H,20,23)/b19-9-. The number of benzene rings is 1. The summed E-state index contributed by atoms with van der Waals surface area (Å²) in [5.41, 5.74) is 4.10. The van der Waals surface area contributed by atoms with Crippen molar-refractivity contribution in [3.05, 3.63) is 70.6 Å². The molecule has 0 fully saturated rings. The van der Waals surface area contributed by atoms with Crippen LogP contribution in [-0.2, 0) is 0 Å². The number of halogens is 2. The molecule has 6 nitrogen and oxygen atoms in total. The molecule has 0 radical (unpaired) electrons. The lowest BCUT2D eigenvalue weighted by Gasteiger charge is -2.02. The number of nitrogens with zero attached hydrogens (tertiary/aromatic N) is 3. The van der Waals surface area contributed by atoms with Gasteiger partial charge in [0.15, 0.2) is 5.76 Å². The summed E-state index contributed by atoms with van der Waals surface area (Å²) in [6.07, 6.45) is 2.79. The maximum Gasteiger partial charge on any atom is 0.307 e. The smallest absolute Gasteiger partial charge is 0.307 e. The summed E-state index contributed by atoms with van der Waals surface area (Å²) in [7, 11) is 0. The predicted octanol–water partition coefficient (Wildman–Crippen LogP) is 3.33. The van der Waals surface area contributed by atoms with Crippen LogP contribution in [0.2, 0.25) is 5.15 Å². The molecule has 2 heterocycles. The van der Waals surface area contributed by atoms with Crippen LogP contribution in [0, 0.1) is 12.7 Å². The van der Waals surface area contributed by atoms with Crippen molar-refractivity contribution in [3.8, 4) is 5.69 Å². The third-order valence-corrected chi connectivity index (χ3v) is 3.59. The number of rotatable bonds is 4. The van der Waals surface area contributed by atoms with Crippen molar-refractivity contribution in [2.75, 3.05) is 0 Å². The number of carbonyl (C=O) groups is 1. The van der Waals surface area contributed by atoms with Crippen LogP contribution in [-0.4, -0.2) is 21.9 Å². The minimum absolute atomic E-state index is 0.150. The fourth-order valence-electron chi connectivity index (χ4n) is 2.03. The van der Waals surface area contributed by atoms with Gasteiger partial charge in [-0.25, -0.2) is 14.5 Å². The molecule has 0 atom stereocenters. The van der Waals surface area contributed by atoms with E-state index in [1.54, 1.807) is 25.1 Å². The monoisotopic (exact) mass is 346 g/mol. The van der Waals surface area contributed by atoms with E-state index in [2.05, 4.69) is 15.6 Å². The van der Waals surface area contributed by atoms with Gasteiger partial charge in [0.1, 0.15) is 11.0 Å². The SMILES string of the molecule is Cc1nn(-c2ccc(F)cc2)c(Cl)c1/C=N\NC(=O)c1ccco1. The maximum atomic E-state index is 13.0. The molecule has 0 aliphatic carbocycles. The van der Waals surface area contributed by atoms with Gasteiger partial charge in [0.2, 0.25) is 0 Å². The minimum atomic E-state index is -0.476. The zero-order valence-electron chi connectivity index (χ0n) is 12.5. The van der Waals surface area contributed by atoms with E-state index in [0.29, 0.717) is 22.1 Å². The van der Waals surface area contributed by atoms with Crippen molar-refractivity contribution in [1.29, 1.82) is 0 Å². The highest BCUT2D eigenvalue weighted by Crippen LogP contribution is 2.22. The summed E-state index contributed by atoms with van der Waals surface area (Å²) >= 11 is 6.30. The fourth-order valence-corrected chi connectivity index (χ4v) is 2.35. The van der Waals surface area contributed by atoms with Crippen LogP contribution in [0.15, 0.2) is 52.2 Å². The van der Waals surface area contributed by atoms with Gasteiger partial charge in [-0.1, -0.05) is 11.6 Å². The average molecular weight is 347 g/mol. The molecule has 8 heteroatoms. The highest BCUT2D eigenvalue weighted by molar-refractivity contribution is 6.32. The number of hydrazone groups is 1. The Morgan fingerprint density at radius 3 is 2.79 bits per heavy atom. The van der Waals surface area contributed by atoms with E-state index in [1.165, 1.54) is 35.4 Å². The second kappa shape index (κ2) is 6.67. The molecular weight excluding hydrogens is 335 g/mol. The molecule has 3 aromatic rings. The Labute approximate surface area is 141 Å². The molecule has 0 bridgehead atoms. The summed E-state index contributed by atoms with van der Waals surface area (Å²) in [5.74, 6) is -0.672. The van der Waals surface area contributed by atoms with Crippen LogP contribution in [0.5, 0.6) is 0 Å². The number of furan rings is 1. The molecule has 2 aromatic heterocycles. The third-order valence-electron chi connectivity index (χ3n) is 3.22. The molecule has 0 unspecified atom stereocenters. The minimum Gasteiger partial charge on any atom is -0.459 e. The van der Waals surface area contributed by atoms with Crippen LogP contribution < -0.4 is 5.43 Å². The lowest BCUT2D eigenvalue weighted by atomic mass is 10.3. The highest BCUT2D eigenvalue weighted by atomic mass is 35.5. The largest absolute Gasteiger partial charge is 0.459 e. The van der Waals surface area contributed by atoms with Crippen LogP contribution in [0.3, 0.4) is 0 Å². The van der Waals surface area contributed by atoms with E-state index in [1.807, 2.05) is 0 Å². The second-order valence-corrected chi connectivity index (χ2v) is 5.21. The van der Waals surface area contributed by atoms with Gasteiger partial charge in [0, 0.05) is 0 Å². The van der Waals surface area contributed by atoms with Gasteiger partial charge >= 0.3 is 5.91 Å². The molecule has 122 valence electrons. The molecule has 0 spiro atoms. The normalized spacial score (nSPS) is 11.1. The van der Waals surface area contributed by atoms with Crippen LogP contribution in [0.4, 0.5) is 4.39 Å². The summed E-state index contributed by atoms with van der Waals surface area (Å²) in [4.78, 5) is 11.7. The number of aryl methyl sites for hydroxylation is 1. The quantitative estimate of drug-likeness (QED) is 0.581. The Morgan fingerprint density at radius 2 is 2.12 bits per heavy atom. The van der Waals surface area contributed by atoms with Gasteiger partial charge in [0.05, 0.1) is 29.4 Å². The number of nitrogens with one attached hydrogen (secondary N) is 1. The number of amides is 1. The van der Waals surface area contributed by atoms with E-state index in [4.69, 9.17) is 16.0 Å². The Hall–Kier alpha value is -2.93. The first-order valence-corrected chi connectivity index (χ1v) is 7.32. The van der Waals surface area contributed by atoms with Crippen molar-refractivity contribution >= 4 is 23.7 Å². The molecule has 0 aliphatic rings. The summed E-state index contributed by atoms with van der Waals surface area (Å²) in [5, 5.41) is 8.46. The van der Waals surface area contributed by atoms with Gasteiger partial charge in [-0.05, 0) is 43.3 Å². The molecule has 1 N–H and O–H groups in total. The molecular formula is C16H12ClFN4O2. The van der Waals surface area contributed by atoms with E-state index in [-0.39, 0.29) is 11.6 Å². The Morgan fingerprint density at radius 1 is 1.38 bits per heavy atom. The first kappa shape index (κ1) is 15.9. The Bertz CT molecular complexity index is 886. The molecule has 1 aromatic carbocycles. The first-order valence-electron chi connectivity index (χ1n) is 6.94. The van der Waals surface area contributed by atoms with Crippen molar-refractivity contribution in [2.45, 2.75) is 6.92 Å². The molecule has 0 saturated carbocycles. The van der Waals surface area contributed by atoms with Crippen molar-refractivity contribution in [3.63, 3.8) is 0 Å². The zero-order chi connectivity index (χ0) is 17.1. The predicted molar refractivity (Wildman–Crippen MR) is 87.0 cm³/mol. The summed E-state index contributed by atoms with van der Waals surface area (Å²) in [6.45, 7) is 1.75. The average Bonchev–Trinajstić information content (AvgIpc) is 3.19. The molecule has 0 saturated heterocycles. The molecule has 0 aliphatic heterocycles. The van der Waals surface area contributed by atoms with Crippen molar-refractivity contribution < 1.29 is 13.6 Å². The van der Waals surface area contributed by atoms with Crippen molar-refractivity contribution in [2.24, 2.45) is 5.10 Å². The van der Waals surface area contributed by atoms with Gasteiger partial charge in [-0.3, -0.25) is 4.79 Å². The molecule has 1 amide bonds. The second-order valence-electron chi connectivity index (χ2n) is 4.85. The van der Waals surface area contributed by atoms with Crippen LogP contribution in [0.1, 0.15) is 21.8 Å². The maximum absolute atomic E-state index is 13.0. The van der Waals surface area contributed by atoms with Gasteiger partial charge in [-0.15, -0.1) is 0 Å².